The van der Waals surface area contributed by atoms with Crippen LogP contribution < -0.4 is 5.32 Å². The summed E-state index contributed by atoms with van der Waals surface area (Å²) < 4.78 is 6.92. The van der Waals surface area contributed by atoms with Crippen LogP contribution in [0.5, 0.6) is 0 Å². The smallest absolute Gasteiger partial charge is 0.341 e. The van der Waals surface area contributed by atoms with Gasteiger partial charge in [-0.15, -0.1) is 16.4 Å². The Kier molecular flexibility index (Phi) is 7.21. The molecule has 0 bridgehead atoms. The van der Waals surface area contributed by atoms with Crippen LogP contribution in [0.2, 0.25) is 0 Å². The van der Waals surface area contributed by atoms with Gasteiger partial charge in [-0.05, 0) is 60.2 Å². The Labute approximate surface area is 194 Å². The second-order valence-corrected chi connectivity index (χ2v) is 9.80. The molecule has 1 atom stereocenters. The first-order valence-electron chi connectivity index (χ1n) is 10.6. The highest BCUT2D eigenvalue weighted by Gasteiger charge is 2.29. The van der Waals surface area contributed by atoms with Gasteiger partial charge in [-0.25, -0.2) is 4.79 Å². The number of esters is 1. The molecule has 0 aliphatic heterocycles. The summed E-state index contributed by atoms with van der Waals surface area (Å²) in [6.45, 7) is 4.31. The maximum absolute atomic E-state index is 12.7. The summed E-state index contributed by atoms with van der Waals surface area (Å²) >= 11 is 2.91. The molecule has 8 nitrogen and oxygen atoms in total. The molecule has 2 aromatic heterocycles. The summed E-state index contributed by atoms with van der Waals surface area (Å²) in [7, 11) is 0. The fourth-order valence-corrected chi connectivity index (χ4v) is 5.93. The third kappa shape index (κ3) is 5.02. The summed E-state index contributed by atoms with van der Waals surface area (Å²) in [6, 6.07) is 9.61. The average Bonchev–Trinajstić information content (AvgIpc) is 3.38. The number of hydrogen-bond acceptors (Lipinski definition) is 8. The predicted octanol–water partition coefficient (Wildman–Crippen LogP) is 4.15. The Hall–Kier alpha value is -2.72. The Morgan fingerprint density at radius 2 is 2.12 bits per heavy atom. The van der Waals surface area contributed by atoms with E-state index in [1.807, 2.05) is 30.3 Å². The van der Waals surface area contributed by atoms with Crippen LogP contribution in [0.3, 0.4) is 0 Å². The van der Waals surface area contributed by atoms with Crippen molar-refractivity contribution in [2.75, 3.05) is 17.7 Å². The second-order valence-electron chi connectivity index (χ2n) is 7.63. The van der Waals surface area contributed by atoms with Gasteiger partial charge >= 0.3 is 5.97 Å². The molecule has 1 aliphatic carbocycles. The molecule has 1 unspecified atom stereocenters. The molecule has 1 aliphatic rings. The largest absolute Gasteiger partial charge is 0.462 e. The van der Waals surface area contributed by atoms with Crippen LogP contribution in [0.25, 0.3) is 5.69 Å². The van der Waals surface area contributed by atoms with E-state index in [1.165, 1.54) is 28.0 Å². The number of carbonyl (C=O) groups is 2. The van der Waals surface area contributed by atoms with Gasteiger partial charge in [0.15, 0.2) is 0 Å². The third-order valence-electron chi connectivity index (χ3n) is 5.25. The molecule has 1 aromatic carbocycles. The molecular weight excluding hydrogens is 446 g/mol. The van der Waals surface area contributed by atoms with E-state index in [0.29, 0.717) is 34.0 Å². The first kappa shape index (κ1) is 22.5. The number of thioether (sulfide) groups is 1. The van der Waals surface area contributed by atoms with Crippen LogP contribution in [0.15, 0.2) is 35.5 Å². The van der Waals surface area contributed by atoms with E-state index in [9.17, 15) is 9.59 Å². The van der Waals surface area contributed by atoms with Gasteiger partial charge in [0, 0.05) is 17.1 Å². The first-order chi connectivity index (χ1) is 15.6. The van der Waals surface area contributed by atoms with Crippen molar-refractivity contribution in [2.24, 2.45) is 5.92 Å². The number of thiophene rings is 1. The highest BCUT2D eigenvalue weighted by molar-refractivity contribution is 7.99. The highest BCUT2D eigenvalue weighted by atomic mass is 32.2. The van der Waals surface area contributed by atoms with Crippen molar-refractivity contribution < 1.29 is 14.3 Å². The van der Waals surface area contributed by atoms with E-state index in [4.69, 9.17) is 4.74 Å². The molecule has 1 amide bonds. The first-order valence-corrected chi connectivity index (χ1v) is 12.4. The molecule has 0 fully saturated rings. The lowest BCUT2D eigenvalue weighted by molar-refractivity contribution is -0.115. The van der Waals surface area contributed by atoms with Crippen LogP contribution >= 0.6 is 23.1 Å². The van der Waals surface area contributed by atoms with Gasteiger partial charge in [0.2, 0.25) is 11.1 Å². The molecule has 0 saturated heterocycles. The highest BCUT2D eigenvalue weighted by Crippen LogP contribution is 2.40. The van der Waals surface area contributed by atoms with Crippen LogP contribution in [0.1, 0.15) is 47.5 Å². The minimum Gasteiger partial charge on any atom is -0.462 e. The van der Waals surface area contributed by atoms with E-state index >= 15 is 0 Å². The van der Waals surface area contributed by atoms with Gasteiger partial charge in [0.25, 0.3) is 0 Å². The number of nitrogens with one attached hydrogen (secondary N) is 1. The average molecular weight is 472 g/mol. The Bertz CT molecular complexity index is 1100. The molecule has 0 saturated carbocycles. The number of hydrogen-bond donors (Lipinski definition) is 1. The Morgan fingerprint density at radius 3 is 2.91 bits per heavy atom. The van der Waals surface area contributed by atoms with E-state index in [2.05, 4.69) is 27.8 Å². The molecule has 32 heavy (non-hydrogen) atoms. The van der Waals surface area contributed by atoms with Crippen molar-refractivity contribution >= 4 is 40.0 Å². The molecule has 168 valence electrons. The van der Waals surface area contributed by atoms with Crippen molar-refractivity contribution in [2.45, 2.75) is 44.7 Å². The number of aromatic nitrogens is 4. The van der Waals surface area contributed by atoms with E-state index in [0.717, 1.165) is 30.5 Å². The summed E-state index contributed by atoms with van der Waals surface area (Å²) in [6.07, 6.45) is 3.08. The van der Waals surface area contributed by atoms with Gasteiger partial charge < -0.3 is 10.1 Å². The molecule has 1 N–H and O–H groups in total. The Morgan fingerprint density at radius 1 is 1.31 bits per heavy atom. The zero-order valence-corrected chi connectivity index (χ0v) is 19.7. The summed E-state index contributed by atoms with van der Waals surface area (Å²) in [5.74, 6) is 0.585. The SMILES string of the molecule is CCOC(=O)c1c(NC(=O)CCSc2nnnn2-c2ccccc2)sc2c1CCC(C)C2. The van der Waals surface area contributed by atoms with Crippen LogP contribution in [0.4, 0.5) is 5.00 Å². The number of rotatable bonds is 8. The van der Waals surface area contributed by atoms with Crippen molar-refractivity contribution in [1.29, 1.82) is 0 Å². The van der Waals surface area contributed by atoms with Crippen LogP contribution in [-0.4, -0.2) is 44.4 Å². The third-order valence-corrected chi connectivity index (χ3v) is 7.34. The van der Waals surface area contributed by atoms with Crippen molar-refractivity contribution in [3.8, 4) is 5.69 Å². The fraction of sp³-hybridized carbons (Fsp3) is 0.409. The zero-order valence-electron chi connectivity index (χ0n) is 18.0. The molecular formula is C22H25N5O3S2. The van der Waals surface area contributed by atoms with Gasteiger partial charge in [-0.1, -0.05) is 36.9 Å². The zero-order chi connectivity index (χ0) is 22.5. The van der Waals surface area contributed by atoms with Crippen LogP contribution in [-0.2, 0) is 22.4 Å². The van der Waals surface area contributed by atoms with Gasteiger partial charge in [0.05, 0.1) is 17.9 Å². The number of nitrogens with zero attached hydrogens (tertiary/aromatic N) is 4. The van der Waals surface area contributed by atoms with Gasteiger partial charge in [-0.3, -0.25) is 4.79 Å². The van der Waals surface area contributed by atoms with Crippen molar-refractivity contribution in [3.05, 3.63) is 46.3 Å². The number of para-hydroxylation sites is 1. The number of anilines is 1. The maximum atomic E-state index is 12.7. The number of benzene rings is 1. The topological polar surface area (TPSA) is 99.0 Å². The maximum Gasteiger partial charge on any atom is 0.341 e. The standard InChI is InChI=1S/C22H25N5O3S2/c1-3-30-21(29)19-16-10-9-14(2)13-17(16)32-20(19)23-18(28)11-12-31-22-24-25-26-27(22)15-7-5-4-6-8-15/h4-8,14H,3,9-13H2,1-2H3,(H,23,28). The van der Waals surface area contributed by atoms with Gasteiger partial charge in [0.1, 0.15) is 5.00 Å². The lowest BCUT2D eigenvalue weighted by Crippen LogP contribution is -2.17. The van der Waals surface area contributed by atoms with Gasteiger partial charge in [-0.2, -0.15) is 4.68 Å². The summed E-state index contributed by atoms with van der Waals surface area (Å²) in [5.41, 5.74) is 2.44. The lowest BCUT2D eigenvalue weighted by atomic mass is 9.88. The van der Waals surface area contributed by atoms with E-state index in [1.54, 1.807) is 11.6 Å². The Balaban J connectivity index is 1.41. The molecule has 0 spiro atoms. The van der Waals surface area contributed by atoms with E-state index < -0.39 is 0 Å². The van der Waals surface area contributed by atoms with Crippen molar-refractivity contribution in [3.63, 3.8) is 0 Å². The number of carbonyl (C=O) groups excluding carboxylic acids is 2. The second kappa shape index (κ2) is 10.3. The molecule has 2 heterocycles. The lowest BCUT2D eigenvalue weighted by Gasteiger charge is -2.18. The number of fused-ring (bicyclic) bond motifs is 1. The fourth-order valence-electron chi connectivity index (χ4n) is 3.68. The molecule has 3 aromatic rings. The van der Waals surface area contributed by atoms with Crippen LogP contribution in [0, 0.1) is 5.92 Å². The quantitative estimate of drug-likeness (QED) is 0.389. The minimum atomic E-state index is -0.355. The predicted molar refractivity (Wildman–Crippen MR) is 125 cm³/mol. The molecule has 10 heteroatoms. The number of ether oxygens (including phenoxy) is 1. The number of amides is 1. The summed E-state index contributed by atoms with van der Waals surface area (Å²) in [4.78, 5) is 26.5. The molecule has 0 radical (unpaired) electrons. The summed E-state index contributed by atoms with van der Waals surface area (Å²) in [5, 5.41) is 16.0. The normalized spacial score (nSPS) is 15.2. The van der Waals surface area contributed by atoms with E-state index in [-0.39, 0.29) is 18.3 Å². The number of tetrazole rings is 1. The monoisotopic (exact) mass is 471 g/mol. The molecule has 4 rings (SSSR count). The minimum absolute atomic E-state index is 0.145. The van der Waals surface area contributed by atoms with Crippen molar-refractivity contribution in [1.82, 2.24) is 20.2 Å².